The molecule has 0 aliphatic carbocycles. The molecule has 0 bridgehead atoms. The third-order valence-electron chi connectivity index (χ3n) is 2.68. The first-order chi connectivity index (χ1) is 9.72. The molecule has 1 aromatic carbocycles. The van der Waals surface area contributed by atoms with Crippen molar-refractivity contribution in [3.8, 4) is 11.6 Å². The second kappa shape index (κ2) is 6.65. The molecule has 0 unspecified atom stereocenters. The highest BCUT2D eigenvalue weighted by atomic mass is 16.5. The van der Waals surface area contributed by atoms with Crippen LogP contribution in [-0.4, -0.2) is 18.7 Å². The van der Waals surface area contributed by atoms with E-state index in [9.17, 15) is 0 Å². The van der Waals surface area contributed by atoms with Gasteiger partial charge in [0.1, 0.15) is 11.6 Å². The van der Waals surface area contributed by atoms with E-state index in [1.54, 1.807) is 19.2 Å². The number of hydrogen-bond acceptors (Lipinski definition) is 5. The van der Waals surface area contributed by atoms with Gasteiger partial charge in [-0.15, -0.1) is 0 Å². The van der Waals surface area contributed by atoms with E-state index in [1.165, 1.54) is 0 Å². The smallest absolute Gasteiger partial charge is 0.238 e. The van der Waals surface area contributed by atoms with Gasteiger partial charge in [0.2, 0.25) is 5.88 Å². The highest BCUT2D eigenvalue weighted by Crippen LogP contribution is 2.23. The van der Waals surface area contributed by atoms with E-state index >= 15 is 0 Å². The van der Waals surface area contributed by atoms with Crippen molar-refractivity contribution in [2.75, 3.05) is 24.8 Å². The summed E-state index contributed by atoms with van der Waals surface area (Å²) in [5, 5.41) is 3.19. The zero-order valence-corrected chi connectivity index (χ0v) is 11.7. The van der Waals surface area contributed by atoms with E-state index < -0.39 is 0 Å². The van der Waals surface area contributed by atoms with Gasteiger partial charge in [0, 0.05) is 5.69 Å². The minimum atomic E-state index is 0.415. The molecule has 0 aliphatic rings. The first-order valence-corrected chi connectivity index (χ1v) is 6.53. The predicted molar refractivity (Wildman–Crippen MR) is 80.7 cm³/mol. The Hall–Kier alpha value is -2.43. The highest BCUT2D eigenvalue weighted by Gasteiger charge is 2.03. The monoisotopic (exact) mass is 273 g/mol. The van der Waals surface area contributed by atoms with Gasteiger partial charge in [0.05, 0.1) is 19.4 Å². The molecule has 2 aromatic rings. The Morgan fingerprint density at radius 3 is 2.55 bits per heavy atom. The molecule has 0 saturated carbocycles. The first kappa shape index (κ1) is 14.0. The first-order valence-electron chi connectivity index (χ1n) is 6.53. The van der Waals surface area contributed by atoms with Crippen LogP contribution in [-0.2, 0) is 0 Å². The van der Waals surface area contributed by atoms with Gasteiger partial charge in [-0.05, 0) is 42.8 Å². The molecule has 3 N–H and O–H groups in total. The molecule has 106 valence electrons. The summed E-state index contributed by atoms with van der Waals surface area (Å²) < 4.78 is 10.6. The van der Waals surface area contributed by atoms with E-state index in [0.29, 0.717) is 17.4 Å². The fraction of sp³-hybridized carbons (Fsp3) is 0.267. The Morgan fingerprint density at radius 1 is 1.15 bits per heavy atom. The maximum absolute atomic E-state index is 5.73. The molecule has 0 fully saturated rings. The summed E-state index contributed by atoms with van der Waals surface area (Å²) >= 11 is 0. The van der Waals surface area contributed by atoms with Crippen LogP contribution in [0.3, 0.4) is 0 Å². The maximum Gasteiger partial charge on any atom is 0.238 e. The Balaban J connectivity index is 2.06. The van der Waals surface area contributed by atoms with Gasteiger partial charge in [-0.1, -0.05) is 6.92 Å². The van der Waals surface area contributed by atoms with Crippen LogP contribution in [0.5, 0.6) is 11.6 Å². The van der Waals surface area contributed by atoms with Gasteiger partial charge in [0.25, 0.3) is 0 Å². The van der Waals surface area contributed by atoms with Gasteiger partial charge < -0.3 is 20.5 Å². The molecule has 0 atom stereocenters. The summed E-state index contributed by atoms with van der Waals surface area (Å²) in [5.41, 5.74) is 7.17. The number of nitrogens with one attached hydrogen (secondary N) is 1. The summed E-state index contributed by atoms with van der Waals surface area (Å²) in [7, 11) is 1.54. The van der Waals surface area contributed by atoms with Crippen LogP contribution in [0.2, 0.25) is 0 Å². The zero-order valence-electron chi connectivity index (χ0n) is 11.7. The largest absolute Gasteiger partial charge is 0.494 e. The predicted octanol–water partition coefficient (Wildman–Crippen LogP) is 3.20. The summed E-state index contributed by atoms with van der Waals surface area (Å²) in [6.07, 6.45) is 0.995. The van der Waals surface area contributed by atoms with Crippen molar-refractivity contribution in [2.24, 2.45) is 0 Å². The minimum Gasteiger partial charge on any atom is -0.494 e. The molecule has 0 aliphatic heterocycles. The lowest BCUT2D eigenvalue weighted by atomic mass is 10.3. The van der Waals surface area contributed by atoms with Crippen molar-refractivity contribution in [1.29, 1.82) is 0 Å². The van der Waals surface area contributed by atoms with Crippen molar-refractivity contribution >= 4 is 17.2 Å². The number of anilines is 3. The summed E-state index contributed by atoms with van der Waals surface area (Å²) in [4.78, 5) is 4.27. The van der Waals surface area contributed by atoms with E-state index in [2.05, 4.69) is 17.2 Å². The third kappa shape index (κ3) is 3.54. The van der Waals surface area contributed by atoms with Crippen LogP contribution < -0.4 is 20.5 Å². The van der Waals surface area contributed by atoms with E-state index in [0.717, 1.165) is 24.5 Å². The number of ether oxygens (including phenoxy) is 2. The molecule has 0 spiro atoms. The van der Waals surface area contributed by atoms with Gasteiger partial charge in [-0.2, -0.15) is 4.98 Å². The topological polar surface area (TPSA) is 69.4 Å². The van der Waals surface area contributed by atoms with Gasteiger partial charge >= 0.3 is 0 Å². The highest BCUT2D eigenvalue weighted by molar-refractivity contribution is 5.61. The molecule has 1 heterocycles. The number of pyridine rings is 1. The Morgan fingerprint density at radius 2 is 1.90 bits per heavy atom. The number of rotatable bonds is 6. The average Bonchev–Trinajstić information content (AvgIpc) is 2.48. The van der Waals surface area contributed by atoms with Crippen LogP contribution in [0.15, 0.2) is 36.4 Å². The summed E-state index contributed by atoms with van der Waals surface area (Å²) in [6, 6.07) is 11.3. The lowest BCUT2D eigenvalue weighted by molar-refractivity contribution is 0.317. The summed E-state index contributed by atoms with van der Waals surface area (Å²) in [6.45, 7) is 2.81. The lowest BCUT2D eigenvalue weighted by Gasteiger charge is -2.09. The van der Waals surface area contributed by atoms with Crippen molar-refractivity contribution in [1.82, 2.24) is 4.98 Å². The molecule has 20 heavy (non-hydrogen) atoms. The van der Waals surface area contributed by atoms with Gasteiger partial charge in [0.15, 0.2) is 0 Å². The van der Waals surface area contributed by atoms with Crippen molar-refractivity contribution in [2.45, 2.75) is 13.3 Å². The van der Waals surface area contributed by atoms with Crippen LogP contribution >= 0.6 is 0 Å². The van der Waals surface area contributed by atoms with E-state index in [1.807, 2.05) is 24.3 Å². The lowest BCUT2D eigenvalue weighted by Crippen LogP contribution is -1.99. The van der Waals surface area contributed by atoms with Crippen molar-refractivity contribution in [3.63, 3.8) is 0 Å². The second-order valence-corrected chi connectivity index (χ2v) is 4.29. The Bertz CT molecular complexity index is 556. The summed E-state index contributed by atoms with van der Waals surface area (Å²) in [5.74, 6) is 1.96. The normalized spacial score (nSPS) is 10.1. The number of benzene rings is 1. The second-order valence-electron chi connectivity index (χ2n) is 4.29. The fourth-order valence-electron chi connectivity index (χ4n) is 1.69. The van der Waals surface area contributed by atoms with Crippen LogP contribution in [0.1, 0.15) is 13.3 Å². The van der Waals surface area contributed by atoms with E-state index in [4.69, 9.17) is 15.2 Å². The molecular formula is C15H19N3O2. The molecule has 0 saturated heterocycles. The molecule has 1 aromatic heterocycles. The van der Waals surface area contributed by atoms with Crippen molar-refractivity contribution < 1.29 is 9.47 Å². The minimum absolute atomic E-state index is 0.415. The molecule has 0 radical (unpaired) electrons. The number of nitrogens with two attached hydrogens (primary N) is 1. The SMILES string of the molecule is CCCOc1ccc(Nc2ccc(N)c(OC)n2)cc1. The number of hydrogen-bond donors (Lipinski definition) is 2. The molecule has 5 nitrogen and oxygen atoms in total. The van der Waals surface area contributed by atoms with Crippen LogP contribution in [0.25, 0.3) is 0 Å². The fourth-order valence-corrected chi connectivity index (χ4v) is 1.69. The molecule has 5 heteroatoms. The van der Waals surface area contributed by atoms with Crippen LogP contribution in [0.4, 0.5) is 17.2 Å². The average molecular weight is 273 g/mol. The zero-order chi connectivity index (χ0) is 14.4. The molecule has 0 amide bonds. The van der Waals surface area contributed by atoms with Gasteiger partial charge in [-0.3, -0.25) is 0 Å². The number of aromatic nitrogens is 1. The van der Waals surface area contributed by atoms with Crippen molar-refractivity contribution in [3.05, 3.63) is 36.4 Å². The standard InChI is InChI=1S/C15H19N3O2/c1-3-10-20-12-6-4-11(5-7-12)17-14-9-8-13(16)15(18-14)19-2/h4-9H,3,10,16H2,1-2H3,(H,17,18). The number of nitrogen functional groups attached to an aromatic ring is 1. The van der Waals surface area contributed by atoms with Gasteiger partial charge in [-0.25, -0.2) is 0 Å². The van der Waals surface area contributed by atoms with E-state index in [-0.39, 0.29) is 0 Å². The molecule has 2 rings (SSSR count). The Labute approximate surface area is 118 Å². The quantitative estimate of drug-likeness (QED) is 0.845. The maximum atomic E-state index is 5.73. The molecular weight excluding hydrogens is 254 g/mol. The number of nitrogens with zero attached hydrogens (tertiary/aromatic N) is 1. The van der Waals surface area contributed by atoms with Crippen LogP contribution in [0, 0.1) is 0 Å². The Kier molecular flexibility index (Phi) is 4.65. The number of methoxy groups -OCH3 is 1. The third-order valence-corrected chi connectivity index (χ3v) is 2.68.